The second kappa shape index (κ2) is 7.30. The van der Waals surface area contributed by atoms with Gasteiger partial charge in [0.05, 0.1) is 10.6 Å². The predicted octanol–water partition coefficient (Wildman–Crippen LogP) is 3.99. The number of carbonyl (C=O) groups is 1. The molecule has 4 nitrogen and oxygen atoms in total. The lowest BCUT2D eigenvalue weighted by Crippen LogP contribution is -2.27. The van der Waals surface area contributed by atoms with Crippen molar-refractivity contribution in [2.24, 2.45) is 0 Å². The third kappa shape index (κ3) is 3.48. The Morgan fingerprint density at radius 3 is 2.54 bits per heavy atom. The molecule has 1 fully saturated rings. The van der Waals surface area contributed by atoms with E-state index in [0.29, 0.717) is 15.0 Å². The van der Waals surface area contributed by atoms with Gasteiger partial charge in [-0.3, -0.25) is 9.69 Å². The van der Waals surface area contributed by atoms with Gasteiger partial charge in [0.25, 0.3) is 5.91 Å². The van der Waals surface area contributed by atoms with Gasteiger partial charge in [0.2, 0.25) is 0 Å². The number of para-hydroxylation sites is 1. The highest BCUT2D eigenvalue weighted by molar-refractivity contribution is 8.27. The fraction of sp³-hybridized carbons (Fsp3) is 0.0556. The third-order valence-electron chi connectivity index (χ3n) is 3.29. The van der Waals surface area contributed by atoms with Crippen LogP contribution in [0.5, 0.6) is 5.75 Å². The number of rotatable bonds is 4. The van der Waals surface area contributed by atoms with Gasteiger partial charge in [-0.1, -0.05) is 54.3 Å². The molecule has 0 aromatic heterocycles. The summed E-state index contributed by atoms with van der Waals surface area (Å²) in [5.41, 5.74) is 1.64. The molecule has 0 aliphatic carbocycles. The number of nitriles is 1. The van der Waals surface area contributed by atoms with Crippen LogP contribution >= 0.6 is 24.0 Å². The second-order valence-electron chi connectivity index (χ2n) is 4.87. The van der Waals surface area contributed by atoms with E-state index in [0.717, 1.165) is 11.3 Å². The van der Waals surface area contributed by atoms with E-state index in [1.807, 2.05) is 48.5 Å². The van der Waals surface area contributed by atoms with Crippen molar-refractivity contribution in [2.75, 3.05) is 11.5 Å². The minimum Gasteiger partial charge on any atom is -0.479 e. The summed E-state index contributed by atoms with van der Waals surface area (Å²) in [6.07, 6.45) is 1.80. The van der Waals surface area contributed by atoms with Gasteiger partial charge in [0.1, 0.15) is 11.8 Å². The molecule has 0 atom stereocenters. The summed E-state index contributed by atoms with van der Waals surface area (Å²) in [5.74, 6) is 0.492. The van der Waals surface area contributed by atoms with Crippen LogP contribution in [-0.2, 0) is 4.79 Å². The SMILES string of the molecule is N#CCOc1ccc(/C=C2/SC(=S)N(c3ccccc3)C2=O)cc1. The first-order valence-corrected chi connectivity index (χ1v) is 8.34. The van der Waals surface area contributed by atoms with E-state index < -0.39 is 0 Å². The zero-order chi connectivity index (χ0) is 16.9. The maximum absolute atomic E-state index is 12.6. The first-order chi connectivity index (χ1) is 11.7. The molecule has 1 aliphatic heterocycles. The lowest BCUT2D eigenvalue weighted by Gasteiger charge is -2.13. The number of carbonyl (C=O) groups excluding carboxylic acids is 1. The van der Waals surface area contributed by atoms with E-state index in [1.165, 1.54) is 16.7 Å². The Bertz CT molecular complexity index is 840. The van der Waals surface area contributed by atoms with Crippen molar-refractivity contribution in [1.29, 1.82) is 5.26 Å². The fourth-order valence-corrected chi connectivity index (χ4v) is 3.49. The molecule has 2 aromatic carbocycles. The molecular formula is C18H12N2O2S2. The van der Waals surface area contributed by atoms with E-state index >= 15 is 0 Å². The zero-order valence-electron chi connectivity index (χ0n) is 12.5. The van der Waals surface area contributed by atoms with Crippen LogP contribution in [0.3, 0.4) is 0 Å². The summed E-state index contributed by atoms with van der Waals surface area (Å²) in [7, 11) is 0. The van der Waals surface area contributed by atoms with E-state index in [-0.39, 0.29) is 12.5 Å². The largest absolute Gasteiger partial charge is 0.479 e. The van der Waals surface area contributed by atoms with Crippen molar-refractivity contribution >= 4 is 46.0 Å². The number of ether oxygens (including phenoxy) is 1. The number of amides is 1. The average molecular weight is 352 g/mol. The Balaban J connectivity index is 1.80. The van der Waals surface area contributed by atoms with E-state index in [1.54, 1.807) is 18.2 Å². The number of nitrogens with zero attached hydrogens (tertiary/aromatic N) is 2. The number of hydrogen-bond acceptors (Lipinski definition) is 5. The quantitative estimate of drug-likeness (QED) is 0.615. The molecule has 3 rings (SSSR count). The standard InChI is InChI=1S/C18H12N2O2S2/c19-10-11-22-15-8-6-13(7-9-15)12-16-17(21)20(18(23)24-16)14-4-2-1-3-5-14/h1-9,12H,11H2/b16-12+. The first-order valence-electron chi connectivity index (χ1n) is 7.12. The van der Waals surface area contributed by atoms with Gasteiger partial charge in [-0.05, 0) is 35.9 Å². The van der Waals surface area contributed by atoms with Crippen molar-refractivity contribution in [2.45, 2.75) is 0 Å². The second-order valence-corrected chi connectivity index (χ2v) is 6.54. The van der Waals surface area contributed by atoms with Crippen LogP contribution in [0, 0.1) is 11.3 Å². The fourth-order valence-electron chi connectivity index (χ4n) is 2.19. The van der Waals surface area contributed by atoms with Crippen molar-refractivity contribution in [3.8, 4) is 11.8 Å². The van der Waals surface area contributed by atoms with Crippen LogP contribution in [-0.4, -0.2) is 16.8 Å². The Morgan fingerprint density at radius 2 is 1.88 bits per heavy atom. The van der Waals surface area contributed by atoms with Gasteiger partial charge in [-0.15, -0.1) is 0 Å². The summed E-state index contributed by atoms with van der Waals surface area (Å²) < 4.78 is 5.73. The third-order valence-corrected chi connectivity index (χ3v) is 4.59. The zero-order valence-corrected chi connectivity index (χ0v) is 14.1. The number of thioether (sulfide) groups is 1. The monoisotopic (exact) mass is 352 g/mol. The van der Waals surface area contributed by atoms with Gasteiger partial charge in [0.15, 0.2) is 10.9 Å². The van der Waals surface area contributed by atoms with E-state index in [9.17, 15) is 4.79 Å². The highest BCUT2D eigenvalue weighted by Crippen LogP contribution is 2.35. The van der Waals surface area contributed by atoms with E-state index in [2.05, 4.69) is 0 Å². The molecule has 24 heavy (non-hydrogen) atoms. The predicted molar refractivity (Wildman–Crippen MR) is 99.6 cm³/mol. The van der Waals surface area contributed by atoms with Crippen molar-refractivity contribution < 1.29 is 9.53 Å². The van der Waals surface area contributed by atoms with Crippen LogP contribution in [0.1, 0.15) is 5.56 Å². The topological polar surface area (TPSA) is 53.3 Å². The molecule has 1 saturated heterocycles. The molecule has 1 heterocycles. The molecule has 1 aliphatic rings. The van der Waals surface area contributed by atoms with Gasteiger partial charge >= 0.3 is 0 Å². The number of benzene rings is 2. The highest BCUT2D eigenvalue weighted by atomic mass is 32.2. The maximum atomic E-state index is 12.6. The first kappa shape index (κ1) is 16.2. The van der Waals surface area contributed by atoms with Crippen LogP contribution in [0.15, 0.2) is 59.5 Å². The molecule has 0 bridgehead atoms. The summed E-state index contributed by atoms with van der Waals surface area (Å²) in [4.78, 5) is 14.7. The molecule has 0 spiro atoms. The minimum absolute atomic E-state index is 0.00901. The summed E-state index contributed by atoms with van der Waals surface area (Å²) in [5, 5.41) is 8.50. The Labute approximate surface area is 149 Å². The molecule has 2 aromatic rings. The lowest BCUT2D eigenvalue weighted by atomic mass is 10.2. The Morgan fingerprint density at radius 1 is 1.17 bits per heavy atom. The normalized spacial score (nSPS) is 15.6. The smallest absolute Gasteiger partial charge is 0.270 e. The molecule has 118 valence electrons. The van der Waals surface area contributed by atoms with Crippen molar-refractivity contribution in [1.82, 2.24) is 0 Å². The number of hydrogen-bond donors (Lipinski definition) is 0. The molecule has 1 amide bonds. The molecule has 6 heteroatoms. The van der Waals surface area contributed by atoms with Gasteiger partial charge in [0, 0.05) is 0 Å². The van der Waals surface area contributed by atoms with Crippen LogP contribution in [0.4, 0.5) is 5.69 Å². The number of thiocarbonyl (C=S) groups is 1. The maximum Gasteiger partial charge on any atom is 0.270 e. The number of anilines is 1. The van der Waals surface area contributed by atoms with Gasteiger partial charge < -0.3 is 4.74 Å². The summed E-state index contributed by atoms with van der Waals surface area (Å²) in [6.45, 7) is 0.00901. The van der Waals surface area contributed by atoms with Crippen molar-refractivity contribution in [3.63, 3.8) is 0 Å². The van der Waals surface area contributed by atoms with Crippen LogP contribution in [0.2, 0.25) is 0 Å². The van der Waals surface area contributed by atoms with Crippen LogP contribution < -0.4 is 9.64 Å². The summed E-state index contributed by atoms with van der Waals surface area (Å²) >= 11 is 6.62. The Hall–Kier alpha value is -2.62. The van der Waals surface area contributed by atoms with Crippen LogP contribution in [0.25, 0.3) is 6.08 Å². The molecule has 0 unspecified atom stereocenters. The summed E-state index contributed by atoms with van der Waals surface area (Å²) in [6, 6.07) is 18.5. The Kier molecular flexibility index (Phi) is 4.94. The molecule has 0 radical (unpaired) electrons. The molecular weight excluding hydrogens is 340 g/mol. The van der Waals surface area contributed by atoms with Crippen molar-refractivity contribution in [3.05, 3.63) is 65.1 Å². The van der Waals surface area contributed by atoms with Gasteiger partial charge in [-0.2, -0.15) is 5.26 Å². The minimum atomic E-state index is -0.124. The van der Waals surface area contributed by atoms with E-state index in [4.69, 9.17) is 22.2 Å². The molecule has 0 N–H and O–H groups in total. The molecule has 0 saturated carbocycles. The van der Waals surface area contributed by atoms with Gasteiger partial charge in [-0.25, -0.2) is 0 Å². The lowest BCUT2D eigenvalue weighted by molar-refractivity contribution is -0.113. The average Bonchev–Trinajstić information content (AvgIpc) is 2.88. The highest BCUT2D eigenvalue weighted by Gasteiger charge is 2.33.